The second-order valence-electron chi connectivity index (χ2n) is 4.77. The fourth-order valence-corrected chi connectivity index (χ4v) is 2.31. The highest BCUT2D eigenvalue weighted by molar-refractivity contribution is 5.55. The molecule has 88 valence electrons. The third-order valence-electron chi connectivity index (χ3n) is 3.78. The molecular formula is C14H22N2. The van der Waals surface area contributed by atoms with Crippen LogP contribution in [-0.2, 0) is 0 Å². The number of hydrogen-bond acceptors (Lipinski definition) is 2. The van der Waals surface area contributed by atoms with E-state index >= 15 is 0 Å². The fraction of sp³-hybridized carbons (Fsp3) is 0.571. The first-order valence-corrected chi connectivity index (χ1v) is 6.31. The van der Waals surface area contributed by atoms with Gasteiger partial charge in [-0.1, -0.05) is 25.1 Å². The minimum Gasteiger partial charge on any atom is -0.371 e. The van der Waals surface area contributed by atoms with E-state index in [9.17, 15) is 0 Å². The van der Waals surface area contributed by atoms with E-state index in [0.717, 1.165) is 12.5 Å². The van der Waals surface area contributed by atoms with E-state index in [1.807, 2.05) is 0 Å². The zero-order valence-corrected chi connectivity index (χ0v) is 10.3. The summed E-state index contributed by atoms with van der Waals surface area (Å²) in [5.41, 5.74) is 8.78. The van der Waals surface area contributed by atoms with Gasteiger partial charge >= 0.3 is 0 Å². The SMILES string of the molecule is CCC(N)c1ccccc1N(C)C1CCC1. The highest BCUT2D eigenvalue weighted by atomic mass is 15.1. The quantitative estimate of drug-likeness (QED) is 0.841. The lowest BCUT2D eigenvalue weighted by Gasteiger charge is -2.38. The highest BCUT2D eigenvalue weighted by Gasteiger charge is 2.24. The smallest absolute Gasteiger partial charge is 0.0414 e. The Kier molecular flexibility index (Phi) is 3.49. The first-order valence-electron chi connectivity index (χ1n) is 6.31. The van der Waals surface area contributed by atoms with Crippen LogP contribution >= 0.6 is 0 Å². The van der Waals surface area contributed by atoms with Crippen LogP contribution in [0.1, 0.15) is 44.2 Å². The molecule has 1 aliphatic rings. The topological polar surface area (TPSA) is 29.3 Å². The van der Waals surface area contributed by atoms with Crippen LogP contribution in [0, 0.1) is 0 Å². The van der Waals surface area contributed by atoms with Gasteiger partial charge in [0, 0.05) is 24.8 Å². The number of nitrogens with two attached hydrogens (primary N) is 1. The maximum atomic E-state index is 6.17. The summed E-state index contributed by atoms with van der Waals surface area (Å²) in [6.07, 6.45) is 5.02. The van der Waals surface area contributed by atoms with Crippen molar-refractivity contribution in [3.05, 3.63) is 29.8 Å². The molecule has 0 saturated heterocycles. The Morgan fingerprint density at radius 2 is 2.06 bits per heavy atom. The van der Waals surface area contributed by atoms with Crippen molar-refractivity contribution < 1.29 is 0 Å². The first-order chi connectivity index (χ1) is 7.74. The second-order valence-corrected chi connectivity index (χ2v) is 4.77. The van der Waals surface area contributed by atoms with E-state index in [0.29, 0.717) is 0 Å². The molecule has 0 aliphatic heterocycles. The third kappa shape index (κ3) is 2.07. The molecule has 16 heavy (non-hydrogen) atoms. The normalized spacial score (nSPS) is 17.9. The second kappa shape index (κ2) is 4.88. The zero-order valence-electron chi connectivity index (χ0n) is 10.3. The van der Waals surface area contributed by atoms with Crippen molar-refractivity contribution in [2.45, 2.75) is 44.7 Å². The Bertz CT molecular complexity index is 344. The Morgan fingerprint density at radius 1 is 1.38 bits per heavy atom. The minimum absolute atomic E-state index is 0.165. The summed E-state index contributed by atoms with van der Waals surface area (Å²) >= 11 is 0. The molecular weight excluding hydrogens is 196 g/mol. The third-order valence-corrected chi connectivity index (χ3v) is 3.78. The van der Waals surface area contributed by atoms with Crippen molar-refractivity contribution in [2.75, 3.05) is 11.9 Å². The minimum atomic E-state index is 0.165. The Balaban J connectivity index is 2.24. The molecule has 1 aromatic carbocycles. The lowest BCUT2D eigenvalue weighted by Crippen LogP contribution is -2.38. The van der Waals surface area contributed by atoms with E-state index < -0.39 is 0 Å². The van der Waals surface area contributed by atoms with Gasteiger partial charge in [-0.25, -0.2) is 0 Å². The predicted octanol–water partition coefficient (Wildman–Crippen LogP) is 3.09. The molecule has 1 saturated carbocycles. The molecule has 2 heteroatoms. The Morgan fingerprint density at radius 3 is 2.62 bits per heavy atom. The van der Waals surface area contributed by atoms with Gasteiger partial charge in [0.15, 0.2) is 0 Å². The van der Waals surface area contributed by atoms with Gasteiger partial charge in [0.25, 0.3) is 0 Å². The van der Waals surface area contributed by atoms with E-state index in [4.69, 9.17) is 5.73 Å². The largest absolute Gasteiger partial charge is 0.371 e. The summed E-state index contributed by atoms with van der Waals surface area (Å²) < 4.78 is 0. The van der Waals surface area contributed by atoms with E-state index in [1.165, 1.54) is 30.5 Å². The summed E-state index contributed by atoms with van der Waals surface area (Å²) in [6.45, 7) is 2.14. The van der Waals surface area contributed by atoms with Gasteiger partial charge in [0.2, 0.25) is 0 Å². The molecule has 0 amide bonds. The number of rotatable bonds is 4. The molecule has 0 spiro atoms. The molecule has 0 bridgehead atoms. The van der Waals surface area contributed by atoms with Gasteiger partial charge in [-0.2, -0.15) is 0 Å². The molecule has 1 fully saturated rings. The molecule has 1 unspecified atom stereocenters. The molecule has 2 rings (SSSR count). The zero-order chi connectivity index (χ0) is 11.5. The molecule has 1 atom stereocenters. The molecule has 1 aliphatic carbocycles. The van der Waals surface area contributed by atoms with Crippen molar-refractivity contribution in [1.82, 2.24) is 0 Å². The van der Waals surface area contributed by atoms with Gasteiger partial charge in [0.05, 0.1) is 0 Å². The molecule has 1 aromatic rings. The van der Waals surface area contributed by atoms with Gasteiger partial charge in [-0.05, 0) is 37.3 Å². The monoisotopic (exact) mass is 218 g/mol. The van der Waals surface area contributed by atoms with E-state index in [-0.39, 0.29) is 6.04 Å². The van der Waals surface area contributed by atoms with Crippen molar-refractivity contribution >= 4 is 5.69 Å². The molecule has 0 radical (unpaired) electrons. The van der Waals surface area contributed by atoms with Crippen molar-refractivity contribution in [3.8, 4) is 0 Å². The lowest BCUT2D eigenvalue weighted by atomic mass is 9.90. The maximum Gasteiger partial charge on any atom is 0.0414 e. The number of para-hydroxylation sites is 1. The maximum absolute atomic E-state index is 6.17. The van der Waals surface area contributed by atoms with Crippen molar-refractivity contribution in [1.29, 1.82) is 0 Å². The molecule has 2 N–H and O–H groups in total. The Labute approximate surface area is 98.4 Å². The molecule has 0 aromatic heterocycles. The summed E-state index contributed by atoms with van der Waals surface area (Å²) in [5.74, 6) is 0. The van der Waals surface area contributed by atoms with Crippen molar-refractivity contribution in [2.24, 2.45) is 5.73 Å². The van der Waals surface area contributed by atoms with Crippen LogP contribution in [0.3, 0.4) is 0 Å². The number of nitrogens with zero attached hydrogens (tertiary/aromatic N) is 1. The van der Waals surface area contributed by atoms with Gasteiger partial charge < -0.3 is 10.6 Å². The number of benzene rings is 1. The van der Waals surface area contributed by atoms with Crippen LogP contribution in [0.4, 0.5) is 5.69 Å². The molecule has 2 nitrogen and oxygen atoms in total. The van der Waals surface area contributed by atoms with Gasteiger partial charge in [-0.3, -0.25) is 0 Å². The van der Waals surface area contributed by atoms with Gasteiger partial charge in [-0.15, -0.1) is 0 Å². The van der Waals surface area contributed by atoms with E-state index in [2.05, 4.69) is 43.1 Å². The first kappa shape index (κ1) is 11.5. The highest BCUT2D eigenvalue weighted by Crippen LogP contribution is 2.32. The summed E-state index contributed by atoms with van der Waals surface area (Å²) in [6, 6.07) is 9.45. The van der Waals surface area contributed by atoms with Crippen LogP contribution < -0.4 is 10.6 Å². The van der Waals surface area contributed by atoms with E-state index in [1.54, 1.807) is 0 Å². The van der Waals surface area contributed by atoms with Crippen LogP contribution in [0.15, 0.2) is 24.3 Å². The van der Waals surface area contributed by atoms with Gasteiger partial charge in [0.1, 0.15) is 0 Å². The summed E-state index contributed by atoms with van der Waals surface area (Å²) in [4.78, 5) is 2.41. The summed E-state index contributed by atoms with van der Waals surface area (Å²) in [5, 5.41) is 0. The average molecular weight is 218 g/mol. The fourth-order valence-electron chi connectivity index (χ4n) is 2.31. The van der Waals surface area contributed by atoms with Crippen LogP contribution in [0.25, 0.3) is 0 Å². The average Bonchev–Trinajstić information content (AvgIpc) is 2.25. The van der Waals surface area contributed by atoms with Crippen LogP contribution in [0.2, 0.25) is 0 Å². The number of hydrogen-bond donors (Lipinski definition) is 1. The predicted molar refractivity (Wildman–Crippen MR) is 69.7 cm³/mol. The van der Waals surface area contributed by atoms with Crippen molar-refractivity contribution in [3.63, 3.8) is 0 Å². The Hall–Kier alpha value is -1.02. The lowest BCUT2D eigenvalue weighted by molar-refractivity contribution is 0.400. The molecule has 0 heterocycles. The van der Waals surface area contributed by atoms with Crippen LogP contribution in [-0.4, -0.2) is 13.1 Å². The number of anilines is 1. The standard InChI is InChI=1S/C14H22N2/c1-3-13(15)12-9-4-5-10-14(12)16(2)11-7-6-8-11/h4-5,9-11,13H,3,6-8,15H2,1-2H3. The van der Waals surface area contributed by atoms with Crippen LogP contribution in [0.5, 0.6) is 0 Å². The summed E-state index contributed by atoms with van der Waals surface area (Å²) in [7, 11) is 2.20.